The number of β-amino-alcohol motifs (C(OH)–C–C–N with tert-alkyl or cyclic N) is 1. The Morgan fingerprint density at radius 3 is 2.83 bits per heavy atom. The summed E-state index contributed by atoms with van der Waals surface area (Å²) in [5, 5.41) is 12.1. The molecule has 3 aliphatic rings. The van der Waals surface area contributed by atoms with Gasteiger partial charge in [0.15, 0.2) is 5.82 Å². The van der Waals surface area contributed by atoms with Crippen LogP contribution < -0.4 is 15.4 Å². The number of pyridine rings is 1. The van der Waals surface area contributed by atoms with Gasteiger partial charge >= 0.3 is 6.01 Å². The molecular formula is C29H31F3N6O2S. The maximum atomic E-state index is 16.4. The molecule has 3 saturated heterocycles. The van der Waals surface area contributed by atoms with E-state index >= 15 is 4.39 Å². The fourth-order valence-electron chi connectivity index (χ4n) is 6.88. The van der Waals surface area contributed by atoms with Crippen molar-refractivity contribution >= 4 is 43.1 Å². The first kappa shape index (κ1) is 26.7. The lowest BCUT2D eigenvalue weighted by Gasteiger charge is -2.38. The highest BCUT2D eigenvalue weighted by Crippen LogP contribution is 2.42. The number of nitrogen functional groups attached to an aromatic ring is 1. The predicted molar refractivity (Wildman–Crippen MR) is 153 cm³/mol. The minimum atomic E-state index is -0.940. The van der Waals surface area contributed by atoms with Gasteiger partial charge in [-0.15, -0.1) is 11.3 Å². The normalized spacial score (nSPS) is 26.8. The first-order valence-electron chi connectivity index (χ1n) is 14.0. The zero-order valence-electron chi connectivity index (χ0n) is 22.7. The number of alkyl halides is 1. The Morgan fingerprint density at radius 2 is 2.00 bits per heavy atom. The molecular weight excluding hydrogens is 553 g/mol. The number of thiophene rings is 1. The van der Waals surface area contributed by atoms with Crippen molar-refractivity contribution in [2.75, 3.05) is 43.4 Å². The summed E-state index contributed by atoms with van der Waals surface area (Å²) in [6, 6.07) is 4.37. The lowest BCUT2D eigenvalue weighted by atomic mass is 9.95. The van der Waals surface area contributed by atoms with E-state index in [0.29, 0.717) is 64.3 Å². The number of nitrogens with zero attached hydrogens (tertiary/aromatic N) is 5. The van der Waals surface area contributed by atoms with E-state index in [1.165, 1.54) is 18.3 Å². The van der Waals surface area contributed by atoms with E-state index in [2.05, 4.69) is 19.9 Å². The number of nitrogens with two attached hydrogens (primary N) is 1. The average molecular weight is 585 g/mol. The Hall–Kier alpha value is -3.22. The summed E-state index contributed by atoms with van der Waals surface area (Å²) in [5.74, 6) is -0.711. The number of hydrogen-bond donors (Lipinski definition) is 2. The third-order valence-electron chi connectivity index (χ3n) is 8.76. The highest BCUT2D eigenvalue weighted by atomic mass is 32.1. The molecule has 4 aromatic rings. The molecule has 3 aromatic heterocycles. The number of ether oxygens (including phenoxy) is 1. The second-order valence-electron chi connectivity index (χ2n) is 11.9. The van der Waals surface area contributed by atoms with Gasteiger partial charge in [-0.05, 0) is 57.4 Å². The van der Waals surface area contributed by atoms with Gasteiger partial charge in [-0.1, -0.05) is 0 Å². The summed E-state index contributed by atoms with van der Waals surface area (Å²) in [5.41, 5.74) is 5.02. The predicted octanol–water partition coefficient (Wildman–Crippen LogP) is 5.07. The average Bonchev–Trinajstić information content (AvgIpc) is 3.59. The summed E-state index contributed by atoms with van der Waals surface area (Å²) in [7, 11) is 0. The monoisotopic (exact) mass is 584 g/mol. The molecule has 0 bridgehead atoms. The highest BCUT2D eigenvalue weighted by Gasteiger charge is 2.49. The van der Waals surface area contributed by atoms with Gasteiger partial charge in [0.25, 0.3) is 0 Å². The molecule has 0 unspecified atom stereocenters. The van der Waals surface area contributed by atoms with Crippen molar-refractivity contribution in [3.8, 4) is 17.3 Å². The maximum Gasteiger partial charge on any atom is 0.319 e. The van der Waals surface area contributed by atoms with Crippen molar-refractivity contribution in [3.63, 3.8) is 0 Å². The molecule has 41 heavy (non-hydrogen) atoms. The van der Waals surface area contributed by atoms with Crippen molar-refractivity contribution in [3.05, 3.63) is 36.0 Å². The van der Waals surface area contributed by atoms with Crippen LogP contribution in [-0.4, -0.2) is 75.1 Å². The van der Waals surface area contributed by atoms with Crippen LogP contribution in [-0.2, 0) is 0 Å². The molecule has 6 heterocycles. The second-order valence-corrected chi connectivity index (χ2v) is 13.0. The molecule has 0 amide bonds. The zero-order valence-corrected chi connectivity index (χ0v) is 23.5. The molecule has 0 radical (unpaired) electrons. The number of benzene rings is 1. The maximum absolute atomic E-state index is 16.4. The standard InChI is InChI=1S/C29H31F3N6O2S/c1-28(39)6-2-8-37(14-28)26-19-12-34-23(17-4-5-20(31)25-18(17)10-21(33)41-25)22(32)24(19)35-27(36-26)40-15-29-7-3-9-38(29)13-16(30)11-29/h4-5,10,12,16,39H,2-3,6-9,11,13-15,33H2,1H3/t16-,28-,29+/m1/s1. The lowest BCUT2D eigenvalue weighted by molar-refractivity contribution is 0.0447. The Labute approximate surface area is 239 Å². The van der Waals surface area contributed by atoms with Crippen molar-refractivity contribution in [2.24, 2.45) is 0 Å². The molecule has 3 fully saturated rings. The molecule has 0 saturated carbocycles. The number of aliphatic hydroxyl groups is 1. The van der Waals surface area contributed by atoms with E-state index in [9.17, 15) is 13.9 Å². The Kier molecular flexibility index (Phi) is 6.29. The van der Waals surface area contributed by atoms with Gasteiger partial charge in [-0.3, -0.25) is 9.88 Å². The van der Waals surface area contributed by atoms with Crippen molar-refractivity contribution in [1.29, 1.82) is 0 Å². The van der Waals surface area contributed by atoms with Gasteiger partial charge in [0.1, 0.15) is 35.6 Å². The molecule has 7 rings (SSSR count). The highest BCUT2D eigenvalue weighted by molar-refractivity contribution is 7.22. The topological polar surface area (TPSA) is 101 Å². The van der Waals surface area contributed by atoms with Crippen LogP contribution in [0.25, 0.3) is 32.2 Å². The Balaban J connectivity index is 1.34. The fourth-order valence-corrected chi connectivity index (χ4v) is 7.74. The van der Waals surface area contributed by atoms with Crippen molar-refractivity contribution in [1.82, 2.24) is 19.9 Å². The number of piperidine rings is 1. The molecule has 216 valence electrons. The quantitative estimate of drug-likeness (QED) is 0.335. The van der Waals surface area contributed by atoms with Crippen LogP contribution in [0.3, 0.4) is 0 Å². The second kappa shape index (κ2) is 9.67. The van der Waals surface area contributed by atoms with Gasteiger partial charge in [0, 0.05) is 43.2 Å². The molecule has 3 aliphatic heterocycles. The smallest absolute Gasteiger partial charge is 0.319 e. The van der Waals surface area contributed by atoms with Crippen LogP contribution in [0.15, 0.2) is 24.4 Å². The van der Waals surface area contributed by atoms with Gasteiger partial charge in [-0.2, -0.15) is 9.97 Å². The van der Waals surface area contributed by atoms with E-state index < -0.39 is 28.9 Å². The summed E-state index contributed by atoms with van der Waals surface area (Å²) in [6.07, 6.45) is 4.14. The molecule has 8 nitrogen and oxygen atoms in total. The summed E-state index contributed by atoms with van der Waals surface area (Å²) in [4.78, 5) is 17.7. The van der Waals surface area contributed by atoms with Crippen LogP contribution in [0, 0.1) is 11.6 Å². The number of anilines is 2. The van der Waals surface area contributed by atoms with Crippen LogP contribution in [0.5, 0.6) is 6.01 Å². The van der Waals surface area contributed by atoms with Gasteiger partial charge in [0.05, 0.1) is 26.2 Å². The number of halogens is 3. The van der Waals surface area contributed by atoms with Gasteiger partial charge < -0.3 is 20.5 Å². The largest absolute Gasteiger partial charge is 0.461 e. The van der Waals surface area contributed by atoms with E-state index in [1.807, 2.05) is 4.90 Å². The summed E-state index contributed by atoms with van der Waals surface area (Å²) >= 11 is 1.09. The van der Waals surface area contributed by atoms with Crippen LogP contribution in [0.1, 0.15) is 39.0 Å². The van der Waals surface area contributed by atoms with Crippen LogP contribution in [0.2, 0.25) is 0 Å². The minimum absolute atomic E-state index is 0.0106. The molecule has 0 spiro atoms. The molecule has 0 aliphatic carbocycles. The van der Waals surface area contributed by atoms with E-state index in [0.717, 1.165) is 37.1 Å². The summed E-state index contributed by atoms with van der Waals surface area (Å²) < 4.78 is 51.8. The van der Waals surface area contributed by atoms with Gasteiger partial charge in [0.2, 0.25) is 0 Å². The minimum Gasteiger partial charge on any atom is -0.461 e. The van der Waals surface area contributed by atoms with Gasteiger partial charge in [-0.25, -0.2) is 13.2 Å². The summed E-state index contributed by atoms with van der Waals surface area (Å²) in [6.45, 7) is 4.08. The molecule has 3 N–H and O–H groups in total. The SMILES string of the molecule is C[C@@]1(O)CCCN(c2nc(OC[C@@]34CCCN3C[C@H](F)C4)nc3c(F)c(-c4ccc(F)c5sc(N)cc45)ncc23)C1. The van der Waals surface area contributed by atoms with Crippen molar-refractivity contribution in [2.45, 2.75) is 56.3 Å². The number of rotatable bonds is 5. The van der Waals surface area contributed by atoms with Crippen molar-refractivity contribution < 1.29 is 23.0 Å². The fraction of sp³-hybridized carbons (Fsp3) is 0.483. The first-order valence-corrected chi connectivity index (χ1v) is 14.8. The van der Waals surface area contributed by atoms with E-state index in [-0.39, 0.29) is 23.8 Å². The molecule has 3 atom stereocenters. The molecule has 12 heteroatoms. The number of fused-ring (bicyclic) bond motifs is 3. The first-order chi connectivity index (χ1) is 19.6. The van der Waals surface area contributed by atoms with E-state index in [4.69, 9.17) is 10.5 Å². The van der Waals surface area contributed by atoms with E-state index in [1.54, 1.807) is 13.0 Å². The Bertz CT molecular complexity index is 1670. The lowest BCUT2D eigenvalue weighted by Crippen LogP contribution is -2.46. The third kappa shape index (κ3) is 4.56. The van der Waals surface area contributed by atoms with Crippen LogP contribution >= 0.6 is 11.3 Å². The third-order valence-corrected chi connectivity index (χ3v) is 9.73. The number of aromatic nitrogens is 3. The zero-order chi connectivity index (χ0) is 28.5. The Morgan fingerprint density at radius 1 is 1.17 bits per heavy atom. The number of hydrogen-bond acceptors (Lipinski definition) is 9. The molecule has 1 aromatic carbocycles. The van der Waals surface area contributed by atoms with Crippen LogP contribution in [0.4, 0.5) is 24.0 Å².